The lowest BCUT2D eigenvalue weighted by Crippen LogP contribution is -2.39. The van der Waals surface area contributed by atoms with E-state index in [1.807, 2.05) is 0 Å². The summed E-state index contributed by atoms with van der Waals surface area (Å²) in [6, 6.07) is -0.811. The molecule has 0 aromatic carbocycles. The summed E-state index contributed by atoms with van der Waals surface area (Å²) in [7, 11) is -3.63. The van der Waals surface area contributed by atoms with Gasteiger partial charge in [-0.25, -0.2) is 13.4 Å². The molecule has 2 aromatic rings. The van der Waals surface area contributed by atoms with Crippen LogP contribution in [0.3, 0.4) is 0 Å². The standard InChI is InChI=1S/C24H32ClN3O5S2/c1-14-16(3)28(23(30)15(2)21(14)35(31,32)18-6-4-5-7-18)19(12-17-8-10-33-11-9-17)22(29)27-24-26-13-20(25)34-24/h13,17-19H,4-12H2,1-3H3,(H,26,27,29). The third-order valence-electron chi connectivity index (χ3n) is 7.37. The molecule has 3 heterocycles. The number of carbonyl (C=O) groups excluding carboxylic acids is 1. The van der Waals surface area contributed by atoms with Crippen molar-refractivity contribution in [1.29, 1.82) is 0 Å². The molecule has 1 saturated heterocycles. The number of rotatable bonds is 7. The number of amides is 1. The van der Waals surface area contributed by atoms with Crippen molar-refractivity contribution in [1.82, 2.24) is 9.55 Å². The molecule has 1 aliphatic heterocycles. The molecule has 0 bridgehead atoms. The largest absolute Gasteiger partial charge is 0.381 e. The Morgan fingerprint density at radius 1 is 1.20 bits per heavy atom. The number of anilines is 1. The van der Waals surface area contributed by atoms with E-state index < -0.39 is 26.7 Å². The van der Waals surface area contributed by atoms with E-state index in [1.54, 1.807) is 20.8 Å². The lowest BCUT2D eigenvalue weighted by Gasteiger charge is -2.29. The Bertz CT molecular complexity index is 1260. The van der Waals surface area contributed by atoms with Crippen molar-refractivity contribution in [3.63, 3.8) is 0 Å². The third kappa shape index (κ3) is 5.35. The van der Waals surface area contributed by atoms with Crippen molar-refractivity contribution in [2.45, 2.75) is 81.9 Å². The van der Waals surface area contributed by atoms with Crippen LogP contribution in [0.1, 0.15) is 67.8 Å². The van der Waals surface area contributed by atoms with Gasteiger partial charge in [0, 0.05) is 24.5 Å². The van der Waals surface area contributed by atoms with Crippen LogP contribution in [-0.2, 0) is 19.4 Å². The van der Waals surface area contributed by atoms with Crippen molar-refractivity contribution < 1.29 is 17.9 Å². The van der Waals surface area contributed by atoms with Gasteiger partial charge < -0.3 is 10.1 Å². The summed E-state index contributed by atoms with van der Waals surface area (Å²) in [6.45, 7) is 6.27. The van der Waals surface area contributed by atoms with Crippen molar-refractivity contribution in [2.75, 3.05) is 18.5 Å². The molecule has 1 atom stereocenters. The molecule has 1 N–H and O–H groups in total. The van der Waals surface area contributed by atoms with Gasteiger partial charge in [0.15, 0.2) is 15.0 Å². The molecule has 0 spiro atoms. The highest BCUT2D eigenvalue weighted by molar-refractivity contribution is 7.92. The van der Waals surface area contributed by atoms with Crippen LogP contribution in [0.15, 0.2) is 15.9 Å². The Hall–Kier alpha value is -1.75. The molecule has 8 nitrogen and oxygen atoms in total. The van der Waals surface area contributed by atoms with Crippen molar-refractivity contribution in [2.24, 2.45) is 5.92 Å². The summed E-state index contributed by atoms with van der Waals surface area (Å²) in [5, 5.41) is 2.71. The van der Waals surface area contributed by atoms with Gasteiger partial charge in [0.25, 0.3) is 5.56 Å². The molecular weight excluding hydrogens is 510 g/mol. The van der Waals surface area contributed by atoms with Crippen LogP contribution >= 0.6 is 22.9 Å². The number of carbonyl (C=O) groups is 1. The predicted molar refractivity (Wildman–Crippen MR) is 137 cm³/mol. The topological polar surface area (TPSA) is 107 Å². The number of nitrogens with zero attached hydrogens (tertiary/aromatic N) is 2. The fourth-order valence-electron chi connectivity index (χ4n) is 5.35. The average molecular weight is 542 g/mol. The molecule has 2 aliphatic rings. The van der Waals surface area contributed by atoms with Gasteiger partial charge in [-0.1, -0.05) is 35.8 Å². The van der Waals surface area contributed by atoms with E-state index in [-0.39, 0.29) is 22.3 Å². The second-order valence-electron chi connectivity index (χ2n) is 9.56. The number of sulfone groups is 1. The van der Waals surface area contributed by atoms with Crippen molar-refractivity contribution in [3.05, 3.63) is 37.7 Å². The summed E-state index contributed by atoms with van der Waals surface area (Å²) in [5.41, 5.74) is 0.786. The van der Waals surface area contributed by atoms with Crippen LogP contribution in [0.4, 0.5) is 5.13 Å². The fraction of sp³-hybridized carbons (Fsp3) is 0.625. The van der Waals surface area contributed by atoms with E-state index in [0.29, 0.717) is 53.2 Å². The Morgan fingerprint density at radius 2 is 1.86 bits per heavy atom. The first kappa shape index (κ1) is 26.3. The molecule has 1 amide bonds. The molecule has 1 aliphatic carbocycles. The minimum absolute atomic E-state index is 0.139. The fourth-order valence-corrected chi connectivity index (χ4v) is 8.54. The summed E-state index contributed by atoms with van der Waals surface area (Å²) in [5.74, 6) is -0.161. The Morgan fingerprint density at radius 3 is 2.46 bits per heavy atom. The lowest BCUT2D eigenvalue weighted by molar-refractivity contribution is -0.120. The first-order chi connectivity index (χ1) is 16.6. The number of thiazole rings is 1. The first-order valence-electron chi connectivity index (χ1n) is 12.1. The minimum atomic E-state index is -3.63. The minimum Gasteiger partial charge on any atom is -0.381 e. The summed E-state index contributed by atoms with van der Waals surface area (Å²) < 4.78 is 34.4. The molecule has 1 saturated carbocycles. The second kappa shape index (κ2) is 10.7. The van der Waals surface area contributed by atoms with Crippen LogP contribution in [0.2, 0.25) is 4.34 Å². The number of halogens is 1. The van der Waals surface area contributed by atoms with E-state index >= 15 is 0 Å². The van der Waals surface area contributed by atoms with Gasteiger partial charge in [0.2, 0.25) is 5.91 Å². The van der Waals surface area contributed by atoms with Gasteiger partial charge in [0.1, 0.15) is 10.4 Å². The number of hydrogen-bond donors (Lipinski definition) is 1. The third-order valence-corrected chi connectivity index (χ3v) is 10.9. The average Bonchev–Trinajstić information content (AvgIpc) is 3.50. The van der Waals surface area contributed by atoms with Crippen molar-refractivity contribution >= 4 is 43.8 Å². The smallest absolute Gasteiger partial charge is 0.255 e. The predicted octanol–water partition coefficient (Wildman–Crippen LogP) is 4.60. The Kier molecular flexibility index (Phi) is 8.05. The summed E-state index contributed by atoms with van der Waals surface area (Å²) in [6.07, 6.45) is 6.51. The molecular formula is C24H32ClN3O5S2. The van der Waals surface area contributed by atoms with Crippen molar-refractivity contribution in [3.8, 4) is 0 Å². The highest BCUT2D eigenvalue weighted by Gasteiger charge is 2.36. The van der Waals surface area contributed by atoms with Gasteiger partial charge in [-0.3, -0.25) is 14.2 Å². The number of hydrogen-bond acceptors (Lipinski definition) is 7. The van der Waals surface area contributed by atoms with E-state index in [0.717, 1.165) is 37.0 Å². The van der Waals surface area contributed by atoms with Crippen LogP contribution in [-0.4, -0.2) is 42.3 Å². The Balaban J connectivity index is 1.78. The zero-order valence-electron chi connectivity index (χ0n) is 20.3. The van der Waals surface area contributed by atoms with Gasteiger partial charge in [-0.15, -0.1) is 0 Å². The zero-order valence-corrected chi connectivity index (χ0v) is 22.7. The first-order valence-corrected chi connectivity index (χ1v) is 14.8. The van der Waals surface area contributed by atoms with E-state index in [1.165, 1.54) is 10.8 Å². The van der Waals surface area contributed by atoms with Crippen LogP contribution in [0.5, 0.6) is 0 Å². The molecule has 192 valence electrons. The van der Waals surface area contributed by atoms with E-state index in [4.69, 9.17) is 16.3 Å². The molecule has 4 rings (SSSR count). The Labute approximate surface area is 215 Å². The second-order valence-corrected chi connectivity index (χ2v) is 13.4. The highest BCUT2D eigenvalue weighted by atomic mass is 35.5. The maximum atomic E-state index is 13.7. The number of ether oxygens (including phenoxy) is 1. The van der Waals surface area contributed by atoms with Crippen LogP contribution < -0.4 is 10.9 Å². The van der Waals surface area contributed by atoms with Gasteiger partial charge >= 0.3 is 0 Å². The van der Waals surface area contributed by atoms with Gasteiger partial charge in [0.05, 0.1) is 16.3 Å². The molecule has 11 heteroatoms. The highest BCUT2D eigenvalue weighted by Crippen LogP contribution is 2.35. The summed E-state index contributed by atoms with van der Waals surface area (Å²) >= 11 is 7.13. The number of nitrogens with one attached hydrogen (secondary N) is 1. The molecule has 0 radical (unpaired) electrons. The quantitative estimate of drug-likeness (QED) is 0.549. The SMILES string of the molecule is Cc1c(S(=O)(=O)C2CCCC2)c(C)c(=O)n(C(CC2CCOCC2)C(=O)Nc2ncc(Cl)s2)c1C. The zero-order chi connectivity index (χ0) is 25.3. The molecule has 2 aromatic heterocycles. The maximum absolute atomic E-state index is 13.7. The molecule has 2 fully saturated rings. The monoisotopic (exact) mass is 541 g/mol. The number of aromatic nitrogens is 2. The van der Waals surface area contributed by atoms with E-state index in [2.05, 4.69) is 10.3 Å². The molecule has 1 unspecified atom stereocenters. The number of pyridine rings is 1. The molecule has 35 heavy (non-hydrogen) atoms. The van der Waals surface area contributed by atoms with E-state index in [9.17, 15) is 18.0 Å². The van der Waals surface area contributed by atoms with Gasteiger partial charge in [-0.05, 0) is 64.4 Å². The normalized spacial score (nSPS) is 18.6. The van der Waals surface area contributed by atoms with Crippen LogP contribution in [0.25, 0.3) is 0 Å². The summed E-state index contributed by atoms with van der Waals surface area (Å²) in [4.78, 5) is 31.5. The van der Waals surface area contributed by atoms with Crippen LogP contribution in [0, 0.1) is 26.7 Å². The lowest BCUT2D eigenvalue weighted by atomic mass is 9.91. The maximum Gasteiger partial charge on any atom is 0.255 e. The van der Waals surface area contributed by atoms with Gasteiger partial charge in [-0.2, -0.15) is 0 Å².